The van der Waals surface area contributed by atoms with Crippen LogP contribution in [0.2, 0.25) is 0 Å². The molecule has 16 heavy (non-hydrogen) atoms. The van der Waals surface area contributed by atoms with E-state index >= 15 is 0 Å². The van der Waals surface area contributed by atoms with Crippen LogP contribution in [0.15, 0.2) is 30.3 Å². The van der Waals surface area contributed by atoms with Gasteiger partial charge in [0.25, 0.3) is 0 Å². The zero-order valence-electron chi connectivity index (χ0n) is 9.15. The summed E-state index contributed by atoms with van der Waals surface area (Å²) >= 11 is 0. The van der Waals surface area contributed by atoms with Crippen molar-refractivity contribution in [1.82, 2.24) is 10.9 Å². The van der Waals surface area contributed by atoms with Crippen molar-refractivity contribution in [2.75, 3.05) is 0 Å². The lowest BCUT2D eigenvalue weighted by molar-refractivity contribution is -0.142. The lowest BCUT2D eigenvalue weighted by atomic mass is 9.85. The molecule has 86 valence electrons. The van der Waals surface area contributed by atoms with Gasteiger partial charge in [-0.2, -0.15) is 0 Å². The number of benzene rings is 1. The molecule has 0 atom stereocenters. The summed E-state index contributed by atoms with van der Waals surface area (Å²) in [5.74, 6) is -0.797. The molecule has 0 unspecified atom stereocenters. The number of rotatable bonds is 2. The van der Waals surface area contributed by atoms with E-state index in [0.29, 0.717) is 0 Å². The van der Waals surface area contributed by atoms with Gasteiger partial charge in [0.2, 0.25) is 0 Å². The molecule has 1 aliphatic heterocycles. The Kier molecular flexibility index (Phi) is 3.50. The molecule has 1 aromatic carbocycles. The second kappa shape index (κ2) is 4.65. The highest BCUT2D eigenvalue weighted by Crippen LogP contribution is 2.22. The monoisotopic (exact) mass is 222 g/mol. The van der Waals surface area contributed by atoms with E-state index in [0.717, 1.165) is 5.56 Å². The van der Waals surface area contributed by atoms with Crippen LogP contribution in [0.3, 0.4) is 0 Å². The van der Waals surface area contributed by atoms with E-state index < -0.39 is 11.4 Å². The van der Waals surface area contributed by atoms with Gasteiger partial charge >= 0.3 is 12.0 Å². The number of aliphatic carboxylic acids is 1. The van der Waals surface area contributed by atoms with E-state index in [1.54, 1.807) is 13.8 Å². The molecule has 2 rings (SSSR count). The largest absolute Gasteiger partial charge is 0.481 e. The Morgan fingerprint density at radius 3 is 1.94 bits per heavy atom. The van der Waals surface area contributed by atoms with Gasteiger partial charge in [0, 0.05) is 0 Å². The third-order valence-electron chi connectivity index (χ3n) is 2.26. The average Bonchev–Trinajstić information content (AvgIpc) is 3.03. The van der Waals surface area contributed by atoms with E-state index in [-0.39, 0.29) is 6.03 Å². The highest BCUT2D eigenvalue weighted by Gasteiger charge is 2.28. The molecule has 2 amide bonds. The minimum Gasteiger partial charge on any atom is -0.481 e. The molecule has 0 aliphatic carbocycles. The van der Waals surface area contributed by atoms with E-state index in [9.17, 15) is 9.59 Å². The third kappa shape index (κ3) is 3.27. The van der Waals surface area contributed by atoms with Gasteiger partial charge in [-0.3, -0.25) is 4.79 Å². The minimum absolute atomic E-state index is 0.0833. The normalized spacial score (nSPS) is 12.8. The van der Waals surface area contributed by atoms with Crippen molar-refractivity contribution in [3.8, 4) is 0 Å². The molecule has 0 aromatic heterocycles. The topological polar surface area (TPSA) is 98.2 Å². The summed E-state index contributed by atoms with van der Waals surface area (Å²) in [4.78, 5) is 20.2. The highest BCUT2D eigenvalue weighted by atomic mass is 16.4. The third-order valence-corrected chi connectivity index (χ3v) is 2.26. The Morgan fingerprint density at radius 1 is 1.19 bits per heavy atom. The molecule has 5 nitrogen and oxygen atoms in total. The quantitative estimate of drug-likeness (QED) is 0.657. The zero-order chi connectivity index (χ0) is 12.2. The lowest BCUT2D eigenvalue weighted by Gasteiger charge is -2.18. The summed E-state index contributed by atoms with van der Waals surface area (Å²) in [5, 5.41) is 8.89. The molecule has 1 heterocycles. The van der Waals surface area contributed by atoms with E-state index in [1.807, 2.05) is 30.3 Å². The first-order valence-electron chi connectivity index (χ1n) is 4.79. The number of hydrogen-bond acceptors (Lipinski definition) is 2. The number of amides is 2. The van der Waals surface area contributed by atoms with Gasteiger partial charge < -0.3 is 5.11 Å². The van der Waals surface area contributed by atoms with Gasteiger partial charge in [0.15, 0.2) is 0 Å². The van der Waals surface area contributed by atoms with Crippen molar-refractivity contribution in [1.29, 1.82) is 0 Å². The SMILES string of the molecule is CC(C)(C(=O)O)c1ccccc1.O=C1NN1. The smallest absolute Gasteiger partial charge is 0.352 e. The molecule has 1 aromatic rings. The van der Waals surface area contributed by atoms with Crippen molar-refractivity contribution in [2.45, 2.75) is 19.3 Å². The highest BCUT2D eigenvalue weighted by molar-refractivity contribution is 5.85. The lowest BCUT2D eigenvalue weighted by Crippen LogP contribution is -2.28. The van der Waals surface area contributed by atoms with Crippen LogP contribution in [0.4, 0.5) is 4.79 Å². The Bertz CT molecular complexity index is 381. The second-order valence-corrected chi connectivity index (χ2v) is 3.88. The van der Waals surface area contributed by atoms with Crippen molar-refractivity contribution in [3.05, 3.63) is 35.9 Å². The molecule has 1 fully saturated rings. The molecule has 0 bridgehead atoms. The van der Waals surface area contributed by atoms with Crippen LogP contribution >= 0.6 is 0 Å². The fourth-order valence-electron chi connectivity index (χ4n) is 1.00. The van der Waals surface area contributed by atoms with Crippen LogP contribution in [0.1, 0.15) is 19.4 Å². The van der Waals surface area contributed by atoms with Gasteiger partial charge in [0.05, 0.1) is 5.41 Å². The Hall–Kier alpha value is -2.04. The van der Waals surface area contributed by atoms with Gasteiger partial charge in [-0.1, -0.05) is 30.3 Å². The van der Waals surface area contributed by atoms with Crippen LogP contribution in [0.5, 0.6) is 0 Å². The molecule has 1 saturated heterocycles. The van der Waals surface area contributed by atoms with Crippen LogP contribution in [0, 0.1) is 0 Å². The fraction of sp³-hybridized carbons (Fsp3) is 0.273. The van der Waals surface area contributed by atoms with Crippen LogP contribution in [-0.2, 0) is 10.2 Å². The van der Waals surface area contributed by atoms with Gasteiger partial charge in [-0.15, -0.1) is 0 Å². The maximum Gasteiger partial charge on any atom is 0.352 e. The van der Waals surface area contributed by atoms with Gasteiger partial charge in [-0.05, 0) is 19.4 Å². The van der Waals surface area contributed by atoms with Crippen molar-refractivity contribution < 1.29 is 14.7 Å². The summed E-state index contributed by atoms with van der Waals surface area (Å²) in [7, 11) is 0. The number of urea groups is 1. The molecule has 0 radical (unpaired) electrons. The predicted octanol–water partition coefficient (Wildman–Crippen LogP) is 1.26. The van der Waals surface area contributed by atoms with E-state index in [1.165, 1.54) is 0 Å². The number of hydrazine groups is 1. The van der Waals surface area contributed by atoms with Crippen LogP contribution in [0.25, 0.3) is 0 Å². The van der Waals surface area contributed by atoms with Crippen molar-refractivity contribution >= 4 is 12.0 Å². The van der Waals surface area contributed by atoms with E-state index in [4.69, 9.17) is 5.11 Å². The second-order valence-electron chi connectivity index (χ2n) is 3.88. The van der Waals surface area contributed by atoms with Crippen molar-refractivity contribution in [3.63, 3.8) is 0 Å². The Balaban J connectivity index is 0.000000267. The molecule has 5 heteroatoms. The summed E-state index contributed by atoms with van der Waals surface area (Å²) < 4.78 is 0. The first kappa shape index (κ1) is 12.0. The zero-order valence-corrected chi connectivity index (χ0v) is 9.15. The summed E-state index contributed by atoms with van der Waals surface area (Å²) in [6.45, 7) is 3.40. The summed E-state index contributed by atoms with van der Waals surface area (Å²) in [6.07, 6.45) is 0. The maximum absolute atomic E-state index is 10.8. The first-order chi connectivity index (χ1) is 7.44. The number of nitrogens with one attached hydrogen (secondary N) is 2. The molecular weight excluding hydrogens is 208 g/mol. The van der Waals surface area contributed by atoms with Crippen LogP contribution < -0.4 is 10.9 Å². The standard InChI is InChI=1S/C10H12O2.CH2N2O/c1-10(2,9(11)12)8-6-4-3-5-7-8;4-1-2-3-1/h3-7H,1-2H3,(H,11,12);(H2,2,3,4). The van der Waals surface area contributed by atoms with Gasteiger partial charge in [0.1, 0.15) is 0 Å². The average molecular weight is 222 g/mol. The molecule has 0 spiro atoms. The minimum atomic E-state index is -0.797. The first-order valence-corrected chi connectivity index (χ1v) is 4.79. The number of carboxylic acids is 1. The van der Waals surface area contributed by atoms with Gasteiger partial charge in [-0.25, -0.2) is 15.6 Å². The number of carbonyl (C=O) groups is 2. The fourth-order valence-corrected chi connectivity index (χ4v) is 1.00. The number of carbonyl (C=O) groups excluding carboxylic acids is 1. The number of carboxylic acid groups (broad SMARTS) is 1. The molecular formula is C11H14N2O3. The predicted molar refractivity (Wildman–Crippen MR) is 58.8 cm³/mol. The molecule has 3 N–H and O–H groups in total. The maximum atomic E-state index is 10.8. The van der Waals surface area contributed by atoms with Crippen molar-refractivity contribution in [2.24, 2.45) is 0 Å². The Labute approximate surface area is 93.4 Å². The summed E-state index contributed by atoms with van der Waals surface area (Å²) in [5.41, 5.74) is 4.46. The van der Waals surface area contributed by atoms with E-state index in [2.05, 4.69) is 10.9 Å². The molecule has 0 saturated carbocycles. The summed E-state index contributed by atoms with van der Waals surface area (Å²) in [6, 6.07) is 9.14. The number of hydrogen-bond donors (Lipinski definition) is 3. The molecule has 1 aliphatic rings. The van der Waals surface area contributed by atoms with Crippen LogP contribution in [-0.4, -0.2) is 17.1 Å². The Morgan fingerprint density at radius 2 is 1.62 bits per heavy atom.